The summed E-state index contributed by atoms with van der Waals surface area (Å²) in [6.07, 6.45) is -1.17. The second kappa shape index (κ2) is 9.68. The SMILES string of the molecule is O=C(O)CC(NC(=O)OCC1c2ccccc2-c2ccccc21)c1ccc(OC(F)F)cc1. The molecular formula is C25H21F2NO5. The summed E-state index contributed by atoms with van der Waals surface area (Å²) in [7, 11) is 0. The Balaban J connectivity index is 1.45. The van der Waals surface area contributed by atoms with Crippen molar-refractivity contribution in [3.8, 4) is 16.9 Å². The number of carbonyl (C=O) groups excluding carboxylic acids is 1. The van der Waals surface area contributed by atoms with Gasteiger partial charge in [-0.3, -0.25) is 4.79 Å². The third kappa shape index (κ3) is 5.11. The lowest BCUT2D eigenvalue weighted by molar-refractivity contribution is -0.137. The van der Waals surface area contributed by atoms with Crippen molar-refractivity contribution in [1.29, 1.82) is 0 Å². The van der Waals surface area contributed by atoms with Crippen LogP contribution in [0.2, 0.25) is 0 Å². The minimum absolute atomic E-state index is 0.0658. The maximum absolute atomic E-state index is 12.6. The molecule has 6 nitrogen and oxygen atoms in total. The number of hydrogen-bond donors (Lipinski definition) is 2. The third-order valence-electron chi connectivity index (χ3n) is 5.52. The Morgan fingerprint density at radius 1 is 0.909 bits per heavy atom. The molecule has 0 aliphatic heterocycles. The summed E-state index contributed by atoms with van der Waals surface area (Å²) < 4.78 is 34.5. The first-order valence-corrected chi connectivity index (χ1v) is 10.3. The molecule has 2 N–H and O–H groups in total. The average molecular weight is 453 g/mol. The maximum atomic E-state index is 12.6. The number of alkyl carbamates (subject to hydrolysis) is 1. The molecule has 0 bridgehead atoms. The molecule has 0 saturated carbocycles. The van der Waals surface area contributed by atoms with Crippen LogP contribution < -0.4 is 10.1 Å². The summed E-state index contributed by atoms with van der Waals surface area (Å²) in [5, 5.41) is 11.8. The Morgan fingerprint density at radius 3 is 2.03 bits per heavy atom. The molecule has 0 radical (unpaired) electrons. The van der Waals surface area contributed by atoms with Gasteiger partial charge in [0.15, 0.2) is 0 Å². The van der Waals surface area contributed by atoms with Crippen molar-refractivity contribution < 1.29 is 33.0 Å². The van der Waals surface area contributed by atoms with E-state index in [0.29, 0.717) is 5.56 Å². The van der Waals surface area contributed by atoms with E-state index in [9.17, 15) is 23.5 Å². The molecule has 170 valence electrons. The first-order chi connectivity index (χ1) is 15.9. The van der Waals surface area contributed by atoms with Crippen molar-refractivity contribution in [1.82, 2.24) is 5.32 Å². The van der Waals surface area contributed by atoms with Gasteiger partial charge in [-0.15, -0.1) is 0 Å². The second-order valence-corrected chi connectivity index (χ2v) is 7.57. The molecule has 1 aliphatic rings. The number of carboxylic acid groups (broad SMARTS) is 1. The molecule has 1 unspecified atom stereocenters. The number of fused-ring (bicyclic) bond motifs is 3. The third-order valence-corrected chi connectivity index (χ3v) is 5.52. The highest BCUT2D eigenvalue weighted by molar-refractivity contribution is 5.79. The maximum Gasteiger partial charge on any atom is 0.407 e. The van der Waals surface area contributed by atoms with Crippen molar-refractivity contribution in [3.63, 3.8) is 0 Å². The van der Waals surface area contributed by atoms with Gasteiger partial charge in [-0.1, -0.05) is 60.7 Å². The predicted molar refractivity (Wildman–Crippen MR) is 116 cm³/mol. The lowest BCUT2D eigenvalue weighted by atomic mass is 9.98. The standard InChI is InChI=1S/C25H21F2NO5/c26-24(27)33-16-11-9-15(10-12-16)22(13-23(29)30)28-25(31)32-14-21-19-7-3-1-5-17(19)18-6-2-4-8-20(18)21/h1-12,21-22,24H,13-14H2,(H,28,31)(H,29,30). The van der Waals surface area contributed by atoms with Crippen molar-refractivity contribution in [2.24, 2.45) is 0 Å². The number of nitrogens with one attached hydrogen (secondary N) is 1. The molecule has 1 atom stereocenters. The highest BCUT2D eigenvalue weighted by Crippen LogP contribution is 2.44. The number of carbonyl (C=O) groups is 2. The van der Waals surface area contributed by atoms with Gasteiger partial charge < -0.3 is 19.9 Å². The van der Waals surface area contributed by atoms with Crippen LogP contribution in [0.25, 0.3) is 11.1 Å². The number of benzene rings is 3. The summed E-state index contributed by atoms with van der Waals surface area (Å²) >= 11 is 0. The van der Waals surface area contributed by atoms with Crippen LogP contribution in [0.4, 0.5) is 13.6 Å². The van der Waals surface area contributed by atoms with Crippen LogP contribution >= 0.6 is 0 Å². The Bertz CT molecular complexity index is 1100. The lowest BCUT2D eigenvalue weighted by Crippen LogP contribution is -2.31. The number of ether oxygens (including phenoxy) is 2. The molecule has 33 heavy (non-hydrogen) atoms. The largest absolute Gasteiger partial charge is 0.481 e. The van der Waals surface area contributed by atoms with Gasteiger partial charge in [-0.05, 0) is 39.9 Å². The van der Waals surface area contributed by atoms with Crippen molar-refractivity contribution in [2.75, 3.05) is 6.61 Å². The van der Waals surface area contributed by atoms with Crippen LogP contribution in [0.5, 0.6) is 5.75 Å². The number of carboxylic acids is 1. The summed E-state index contributed by atoms with van der Waals surface area (Å²) in [6.45, 7) is -2.88. The predicted octanol–water partition coefficient (Wildman–Crippen LogP) is 5.34. The summed E-state index contributed by atoms with van der Waals surface area (Å²) in [4.78, 5) is 23.9. The van der Waals surface area contributed by atoms with Crippen molar-refractivity contribution in [2.45, 2.75) is 25.0 Å². The molecule has 4 rings (SSSR count). The van der Waals surface area contributed by atoms with Gasteiger partial charge in [0.05, 0.1) is 12.5 Å². The Labute approximate surface area is 188 Å². The highest BCUT2D eigenvalue weighted by atomic mass is 19.3. The average Bonchev–Trinajstić information content (AvgIpc) is 3.11. The van der Waals surface area contributed by atoms with Gasteiger partial charge in [0.1, 0.15) is 12.4 Å². The van der Waals surface area contributed by atoms with Crippen LogP contribution in [0.1, 0.15) is 35.1 Å². The lowest BCUT2D eigenvalue weighted by Gasteiger charge is -2.19. The van der Waals surface area contributed by atoms with Crippen LogP contribution in [-0.2, 0) is 9.53 Å². The fourth-order valence-electron chi connectivity index (χ4n) is 4.09. The Kier molecular flexibility index (Phi) is 6.53. The van der Waals surface area contributed by atoms with E-state index in [-0.39, 0.29) is 18.3 Å². The normalized spacial score (nSPS) is 13.2. The number of amides is 1. The highest BCUT2D eigenvalue weighted by Gasteiger charge is 2.29. The fraction of sp³-hybridized carbons (Fsp3) is 0.200. The van der Waals surface area contributed by atoms with E-state index < -0.39 is 31.1 Å². The molecule has 0 spiro atoms. The van der Waals surface area contributed by atoms with Crippen molar-refractivity contribution in [3.05, 3.63) is 89.5 Å². The van der Waals surface area contributed by atoms with E-state index in [2.05, 4.69) is 10.1 Å². The minimum Gasteiger partial charge on any atom is -0.481 e. The number of hydrogen-bond acceptors (Lipinski definition) is 4. The van der Waals surface area contributed by atoms with Crippen LogP contribution in [0, 0.1) is 0 Å². The van der Waals surface area contributed by atoms with Gasteiger partial charge in [0, 0.05) is 5.92 Å². The number of aliphatic carboxylic acids is 1. The monoisotopic (exact) mass is 453 g/mol. The van der Waals surface area contributed by atoms with Crippen molar-refractivity contribution >= 4 is 12.1 Å². The zero-order valence-corrected chi connectivity index (χ0v) is 17.4. The van der Waals surface area contributed by atoms with E-state index in [1.807, 2.05) is 48.5 Å². The fourth-order valence-corrected chi connectivity index (χ4v) is 4.09. The Morgan fingerprint density at radius 2 is 1.48 bits per heavy atom. The van der Waals surface area contributed by atoms with E-state index in [0.717, 1.165) is 22.3 Å². The molecule has 0 heterocycles. The van der Waals surface area contributed by atoms with Crippen LogP contribution in [0.15, 0.2) is 72.8 Å². The molecule has 1 amide bonds. The van der Waals surface area contributed by atoms with E-state index in [1.165, 1.54) is 24.3 Å². The summed E-state index contributed by atoms with van der Waals surface area (Å²) in [5.41, 5.74) is 4.73. The second-order valence-electron chi connectivity index (χ2n) is 7.57. The molecule has 3 aromatic rings. The zero-order chi connectivity index (χ0) is 23.4. The molecule has 8 heteroatoms. The van der Waals surface area contributed by atoms with E-state index in [1.54, 1.807) is 0 Å². The topological polar surface area (TPSA) is 84.9 Å². The van der Waals surface area contributed by atoms with Crippen LogP contribution in [-0.4, -0.2) is 30.4 Å². The quantitative estimate of drug-likeness (QED) is 0.481. The summed E-state index contributed by atoms with van der Waals surface area (Å²) in [6, 6.07) is 20.4. The van der Waals surface area contributed by atoms with Gasteiger partial charge in [0.2, 0.25) is 0 Å². The first kappa shape index (κ1) is 22.3. The number of alkyl halides is 2. The summed E-state index contributed by atoms with van der Waals surface area (Å²) in [5.74, 6) is -1.33. The van der Waals surface area contributed by atoms with Gasteiger partial charge >= 0.3 is 18.7 Å². The molecular weight excluding hydrogens is 432 g/mol. The Hall–Kier alpha value is -3.94. The van der Waals surface area contributed by atoms with Gasteiger partial charge in [-0.25, -0.2) is 4.79 Å². The van der Waals surface area contributed by atoms with Crippen LogP contribution in [0.3, 0.4) is 0 Å². The smallest absolute Gasteiger partial charge is 0.407 e. The van der Waals surface area contributed by atoms with E-state index in [4.69, 9.17) is 4.74 Å². The number of rotatable bonds is 8. The molecule has 3 aromatic carbocycles. The van der Waals surface area contributed by atoms with E-state index >= 15 is 0 Å². The minimum atomic E-state index is -2.97. The molecule has 0 fully saturated rings. The number of halogens is 2. The van der Waals surface area contributed by atoms with Gasteiger partial charge in [0.25, 0.3) is 0 Å². The molecule has 0 saturated heterocycles. The zero-order valence-electron chi connectivity index (χ0n) is 17.4. The van der Waals surface area contributed by atoms with Gasteiger partial charge in [-0.2, -0.15) is 8.78 Å². The molecule has 0 aromatic heterocycles. The first-order valence-electron chi connectivity index (χ1n) is 10.3. The molecule has 1 aliphatic carbocycles.